The Morgan fingerprint density at radius 3 is 2.45 bits per heavy atom. The van der Waals surface area contributed by atoms with Crippen LogP contribution in [0.15, 0.2) is 54.6 Å². The maximum Gasteiger partial charge on any atom is 0.119 e. The normalized spacial score (nSPS) is 18.9. The molecule has 104 valence electrons. The molecule has 1 aliphatic heterocycles. The van der Waals surface area contributed by atoms with Crippen molar-refractivity contribution in [3.05, 3.63) is 60.2 Å². The SMILES string of the molecule is COc1ccc(N2CCCC(c3ccccc3)C2)cc1. The number of benzene rings is 2. The van der Waals surface area contributed by atoms with Crippen molar-refractivity contribution in [1.82, 2.24) is 0 Å². The van der Waals surface area contributed by atoms with Gasteiger partial charge in [-0.3, -0.25) is 0 Å². The number of methoxy groups -OCH3 is 1. The molecule has 0 bridgehead atoms. The van der Waals surface area contributed by atoms with Crippen molar-refractivity contribution in [2.45, 2.75) is 18.8 Å². The number of anilines is 1. The van der Waals surface area contributed by atoms with Crippen molar-refractivity contribution >= 4 is 5.69 Å². The minimum atomic E-state index is 0.645. The van der Waals surface area contributed by atoms with Gasteiger partial charge in [-0.25, -0.2) is 0 Å². The van der Waals surface area contributed by atoms with Gasteiger partial charge in [0.05, 0.1) is 7.11 Å². The van der Waals surface area contributed by atoms with Crippen molar-refractivity contribution in [3.8, 4) is 5.75 Å². The summed E-state index contributed by atoms with van der Waals surface area (Å²) in [5.41, 5.74) is 2.76. The summed E-state index contributed by atoms with van der Waals surface area (Å²) >= 11 is 0. The molecule has 2 aromatic rings. The molecule has 0 aromatic heterocycles. The Kier molecular flexibility index (Phi) is 3.91. The zero-order chi connectivity index (χ0) is 13.8. The third-order valence-electron chi connectivity index (χ3n) is 4.13. The van der Waals surface area contributed by atoms with E-state index in [0.29, 0.717) is 5.92 Å². The minimum absolute atomic E-state index is 0.645. The second kappa shape index (κ2) is 6.00. The van der Waals surface area contributed by atoms with Crippen molar-refractivity contribution in [2.75, 3.05) is 25.1 Å². The van der Waals surface area contributed by atoms with E-state index in [-0.39, 0.29) is 0 Å². The molecule has 1 saturated heterocycles. The van der Waals surface area contributed by atoms with Crippen molar-refractivity contribution in [2.24, 2.45) is 0 Å². The Labute approximate surface area is 121 Å². The van der Waals surface area contributed by atoms with Gasteiger partial charge >= 0.3 is 0 Å². The Bertz CT molecular complexity index is 535. The molecule has 1 heterocycles. The summed E-state index contributed by atoms with van der Waals surface area (Å²) in [4.78, 5) is 2.49. The van der Waals surface area contributed by atoms with Gasteiger partial charge in [-0.15, -0.1) is 0 Å². The standard InChI is InChI=1S/C18H21NO/c1-20-18-11-9-17(10-12-18)19-13-5-8-16(14-19)15-6-3-2-4-7-15/h2-4,6-7,9-12,16H,5,8,13-14H2,1H3. The average molecular weight is 267 g/mol. The number of hydrogen-bond acceptors (Lipinski definition) is 2. The molecule has 0 aliphatic carbocycles. The molecule has 1 fully saturated rings. The monoisotopic (exact) mass is 267 g/mol. The van der Waals surface area contributed by atoms with Crippen LogP contribution < -0.4 is 9.64 Å². The van der Waals surface area contributed by atoms with Gasteiger partial charge in [-0.05, 0) is 42.7 Å². The lowest BCUT2D eigenvalue weighted by Gasteiger charge is -2.34. The first kappa shape index (κ1) is 13.0. The predicted octanol–water partition coefficient (Wildman–Crippen LogP) is 4.08. The van der Waals surface area contributed by atoms with Gasteiger partial charge in [-0.2, -0.15) is 0 Å². The van der Waals surface area contributed by atoms with Crippen molar-refractivity contribution in [1.29, 1.82) is 0 Å². The smallest absolute Gasteiger partial charge is 0.119 e. The molecular weight excluding hydrogens is 246 g/mol. The van der Waals surface area contributed by atoms with Gasteiger partial charge in [-0.1, -0.05) is 30.3 Å². The zero-order valence-electron chi connectivity index (χ0n) is 12.0. The zero-order valence-corrected chi connectivity index (χ0v) is 12.0. The Morgan fingerprint density at radius 1 is 1.00 bits per heavy atom. The van der Waals surface area contributed by atoms with Crippen molar-refractivity contribution < 1.29 is 4.74 Å². The average Bonchev–Trinajstić information content (AvgIpc) is 2.56. The van der Waals surface area contributed by atoms with E-state index in [1.54, 1.807) is 7.11 Å². The topological polar surface area (TPSA) is 12.5 Å². The highest BCUT2D eigenvalue weighted by Crippen LogP contribution is 2.30. The third-order valence-corrected chi connectivity index (χ3v) is 4.13. The van der Waals surface area contributed by atoms with Crippen LogP contribution in [0.4, 0.5) is 5.69 Å². The predicted molar refractivity (Wildman–Crippen MR) is 83.6 cm³/mol. The number of piperidine rings is 1. The van der Waals surface area contributed by atoms with E-state index in [0.717, 1.165) is 18.8 Å². The van der Waals surface area contributed by atoms with E-state index in [2.05, 4.69) is 47.4 Å². The molecule has 1 atom stereocenters. The van der Waals surface area contributed by atoms with Crippen LogP contribution in [-0.2, 0) is 0 Å². The lowest BCUT2D eigenvalue weighted by molar-refractivity contribution is 0.414. The van der Waals surface area contributed by atoms with Gasteiger partial charge in [0.2, 0.25) is 0 Å². The van der Waals surface area contributed by atoms with Crippen molar-refractivity contribution in [3.63, 3.8) is 0 Å². The second-order valence-corrected chi connectivity index (χ2v) is 5.39. The molecule has 1 unspecified atom stereocenters. The van der Waals surface area contributed by atoms with E-state index in [1.807, 2.05) is 12.1 Å². The van der Waals surface area contributed by atoms with Gasteiger partial charge in [0.25, 0.3) is 0 Å². The quantitative estimate of drug-likeness (QED) is 0.831. The van der Waals surface area contributed by atoms with Crippen LogP contribution in [-0.4, -0.2) is 20.2 Å². The lowest BCUT2D eigenvalue weighted by Crippen LogP contribution is -2.34. The number of nitrogens with zero attached hydrogens (tertiary/aromatic N) is 1. The second-order valence-electron chi connectivity index (χ2n) is 5.39. The lowest BCUT2D eigenvalue weighted by atomic mass is 9.90. The Morgan fingerprint density at radius 2 is 1.75 bits per heavy atom. The van der Waals surface area contributed by atoms with Crippen LogP contribution in [0.2, 0.25) is 0 Å². The first-order valence-electron chi connectivity index (χ1n) is 7.31. The molecule has 20 heavy (non-hydrogen) atoms. The molecular formula is C18H21NO. The molecule has 0 radical (unpaired) electrons. The van der Waals surface area contributed by atoms with Crippen LogP contribution >= 0.6 is 0 Å². The fourth-order valence-corrected chi connectivity index (χ4v) is 3.00. The highest BCUT2D eigenvalue weighted by molar-refractivity contribution is 5.50. The van der Waals surface area contributed by atoms with Gasteiger partial charge in [0, 0.05) is 24.7 Å². The third kappa shape index (κ3) is 2.79. The summed E-state index contributed by atoms with van der Waals surface area (Å²) in [5, 5.41) is 0. The van der Waals surface area contributed by atoms with Crippen LogP contribution in [0.3, 0.4) is 0 Å². The summed E-state index contributed by atoms with van der Waals surface area (Å²) in [6.45, 7) is 2.26. The Balaban J connectivity index is 1.74. The summed E-state index contributed by atoms with van der Waals surface area (Å²) < 4.78 is 5.23. The molecule has 0 N–H and O–H groups in total. The first-order chi connectivity index (χ1) is 9.86. The fourth-order valence-electron chi connectivity index (χ4n) is 3.00. The first-order valence-corrected chi connectivity index (χ1v) is 7.31. The van der Waals surface area contributed by atoms with Crippen LogP contribution in [0.25, 0.3) is 0 Å². The maximum absolute atomic E-state index is 5.23. The summed E-state index contributed by atoms with van der Waals surface area (Å²) in [6.07, 6.45) is 2.54. The fraction of sp³-hybridized carbons (Fsp3) is 0.333. The molecule has 0 saturated carbocycles. The molecule has 1 aliphatic rings. The minimum Gasteiger partial charge on any atom is -0.497 e. The summed E-state index contributed by atoms with van der Waals surface area (Å²) in [5.74, 6) is 1.57. The maximum atomic E-state index is 5.23. The molecule has 3 rings (SSSR count). The Hall–Kier alpha value is -1.96. The molecule has 0 amide bonds. The van der Waals surface area contributed by atoms with E-state index < -0.39 is 0 Å². The van der Waals surface area contributed by atoms with Crippen LogP contribution in [0.1, 0.15) is 24.3 Å². The van der Waals surface area contributed by atoms with Gasteiger partial charge < -0.3 is 9.64 Å². The molecule has 0 spiro atoms. The van der Waals surface area contributed by atoms with Gasteiger partial charge in [0.1, 0.15) is 5.75 Å². The molecule has 2 aromatic carbocycles. The highest BCUT2D eigenvalue weighted by atomic mass is 16.5. The van der Waals surface area contributed by atoms with E-state index in [9.17, 15) is 0 Å². The number of rotatable bonds is 3. The largest absolute Gasteiger partial charge is 0.497 e. The van der Waals surface area contributed by atoms with E-state index in [4.69, 9.17) is 4.74 Å². The number of ether oxygens (including phenoxy) is 1. The van der Waals surface area contributed by atoms with Gasteiger partial charge in [0.15, 0.2) is 0 Å². The summed E-state index contributed by atoms with van der Waals surface area (Å²) in [6, 6.07) is 19.3. The molecule has 2 heteroatoms. The van der Waals surface area contributed by atoms with Crippen LogP contribution in [0.5, 0.6) is 5.75 Å². The number of hydrogen-bond donors (Lipinski definition) is 0. The molecule has 2 nitrogen and oxygen atoms in total. The highest BCUT2D eigenvalue weighted by Gasteiger charge is 2.21. The van der Waals surface area contributed by atoms with E-state index in [1.165, 1.54) is 24.1 Å². The summed E-state index contributed by atoms with van der Waals surface area (Å²) in [7, 11) is 1.71. The van der Waals surface area contributed by atoms with Crippen LogP contribution in [0, 0.1) is 0 Å². The van der Waals surface area contributed by atoms with E-state index >= 15 is 0 Å².